The molecule has 0 unspecified atom stereocenters. The molecule has 0 saturated carbocycles. The van der Waals surface area contributed by atoms with Gasteiger partial charge in [-0.2, -0.15) is 0 Å². The average Bonchev–Trinajstić information content (AvgIpc) is 2.03. The van der Waals surface area contributed by atoms with Gasteiger partial charge < -0.3 is 0 Å². The first-order valence-electron chi connectivity index (χ1n) is 4.59. The Morgan fingerprint density at radius 2 is 1.67 bits per heavy atom. The van der Waals surface area contributed by atoms with Crippen molar-refractivity contribution in [1.82, 2.24) is 0 Å². The van der Waals surface area contributed by atoms with E-state index in [9.17, 15) is 0 Å². The Labute approximate surface area is 76.7 Å². The van der Waals surface area contributed by atoms with Crippen molar-refractivity contribution in [3.05, 3.63) is 36.0 Å². The summed E-state index contributed by atoms with van der Waals surface area (Å²) < 4.78 is 0. The molecule has 0 fully saturated rings. The fourth-order valence-corrected chi connectivity index (χ4v) is 0.922. The van der Waals surface area contributed by atoms with E-state index in [1.807, 2.05) is 6.08 Å². The van der Waals surface area contributed by atoms with E-state index >= 15 is 0 Å². The van der Waals surface area contributed by atoms with Crippen LogP contribution in [0.25, 0.3) is 0 Å². The van der Waals surface area contributed by atoms with Crippen molar-refractivity contribution >= 4 is 0 Å². The van der Waals surface area contributed by atoms with Crippen LogP contribution in [0.4, 0.5) is 0 Å². The van der Waals surface area contributed by atoms with Gasteiger partial charge >= 0.3 is 0 Å². The molecule has 0 aromatic rings. The van der Waals surface area contributed by atoms with Gasteiger partial charge in [0.25, 0.3) is 0 Å². The van der Waals surface area contributed by atoms with Gasteiger partial charge in [0, 0.05) is 0 Å². The smallest absolute Gasteiger partial charge is 0.0342 e. The van der Waals surface area contributed by atoms with Crippen molar-refractivity contribution in [3.8, 4) is 0 Å². The van der Waals surface area contributed by atoms with E-state index in [4.69, 9.17) is 0 Å². The lowest BCUT2D eigenvalue weighted by Crippen LogP contribution is -1.73. The highest BCUT2D eigenvalue weighted by atomic mass is 13.9. The molecule has 0 aromatic carbocycles. The second kappa shape index (κ2) is 6.90. The molecule has 0 aliphatic rings. The van der Waals surface area contributed by atoms with Gasteiger partial charge in [-0.1, -0.05) is 36.0 Å². The zero-order valence-electron chi connectivity index (χ0n) is 8.56. The molecule has 0 spiro atoms. The summed E-state index contributed by atoms with van der Waals surface area (Å²) in [7, 11) is 0. The van der Waals surface area contributed by atoms with Crippen molar-refractivity contribution in [2.24, 2.45) is 0 Å². The lowest BCUT2D eigenvalue weighted by Gasteiger charge is -1.93. The third-order valence-electron chi connectivity index (χ3n) is 1.75. The molecular formula is C12H20. The van der Waals surface area contributed by atoms with Gasteiger partial charge in [-0.15, -0.1) is 0 Å². The van der Waals surface area contributed by atoms with Crippen molar-refractivity contribution in [3.63, 3.8) is 0 Å². The molecule has 0 aliphatic carbocycles. The maximum Gasteiger partial charge on any atom is -0.0342 e. The first-order chi connectivity index (χ1) is 5.66. The summed E-state index contributed by atoms with van der Waals surface area (Å²) in [6.45, 7) is 10.1. The van der Waals surface area contributed by atoms with Crippen LogP contribution in [0, 0.1) is 0 Å². The van der Waals surface area contributed by atoms with Crippen LogP contribution in [0.1, 0.15) is 40.0 Å². The second-order valence-corrected chi connectivity index (χ2v) is 3.36. The minimum absolute atomic E-state index is 1.17. The van der Waals surface area contributed by atoms with Crippen LogP contribution < -0.4 is 0 Å². The standard InChI is InChI=1S/C12H20/c1-5-12(4)10-8-6-7-9-11(2)3/h5,9-10H,1,6-8H2,2-4H3/b12-10-. The molecule has 0 heterocycles. The third kappa shape index (κ3) is 7.33. The normalized spacial score (nSPS) is 11.1. The van der Waals surface area contributed by atoms with Gasteiger partial charge in [0.1, 0.15) is 0 Å². The quantitative estimate of drug-likeness (QED) is 0.323. The number of hydrogen-bond acceptors (Lipinski definition) is 0. The Balaban J connectivity index is 3.45. The average molecular weight is 164 g/mol. The number of unbranched alkanes of at least 4 members (excludes halogenated alkanes) is 2. The molecule has 0 atom stereocenters. The van der Waals surface area contributed by atoms with Crippen molar-refractivity contribution < 1.29 is 0 Å². The zero-order valence-corrected chi connectivity index (χ0v) is 8.56. The lowest BCUT2D eigenvalue weighted by molar-refractivity contribution is 0.859. The fraction of sp³-hybridized carbons (Fsp3) is 0.500. The Morgan fingerprint density at radius 1 is 1.08 bits per heavy atom. The van der Waals surface area contributed by atoms with E-state index in [0.29, 0.717) is 0 Å². The molecule has 12 heavy (non-hydrogen) atoms. The molecule has 0 rings (SSSR count). The Morgan fingerprint density at radius 3 is 2.17 bits per heavy atom. The summed E-state index contributed by atoms with van der Waals surface area (Å²) in [4.78, 5) is 0. The van der Waals surface area contributed by atoms with Crippen LogP contribution >= 0.6 is 0 Å². The minimum atomic E-state index is 1.17. The van der Waals surface area contributed by atoms with Crippen LogP contribution in [0.15, 0.2) is 36.0 Å². The van der Waals surface area contributed by atoms with Crippen molar-refractivity contribution in [1.29, 1.82) is 0 Å². The van der Waals surface area contributed by atoms with Crippen LogP contribution in [0.5, 0.6) is 0 Å². The van der Waals surface area contributed by atoms with Crippen molar-refractivity contribution in [2.75, 3.05) is 0 Å². The first kappa shape index (κ1) is 11.2. The zero-order chi connectivity index (χ0) is 9.40. The van der Waals surface area contributed by atoms with Crippen LogP contribution in [-0.2, 0) is 0 Å². The van der Waals surface area contributed by atoms with E-state index in [0.717, 1.165) is 0 Å². The van der Waals surface area contributed by atoms with E-state index in [1.54, 1.807) is 0 Å². The second-order valence-electron chi connectivity index (χ2n) is 3.36. The molecule has 0 N–H and O–H groups in total. The Kier molecular flexibility index (Phi) is 6.45. The summed E-state index contributed by atoms with van der Waals surface area (Å²) in [6, 6.07) is 0. The van der Waals surface area contributed by atoms with E-state index < -0.39 is 0 Å². The summed E-state index contributed by atoms with van der Waals surface area (Å²) in [6.07, 6.45) is 10.0. The number of hydrogen-bond donors (Lipinski definition) is 0. The highest BCUT2D eigenvalue weighted by molar-refractivity contribution is 5.12. The number of allylic oxidation sites excluding steroid dienone is 5. The summed E-state index contributed by atoms with van der Waals surface area (Å²) in [5, 5.41) is 0. The van der Waals surface area contributed by atoms with Gasteiger partial charge in [-0.3, -0.25) is 0 Å². The molecule has 68 valence electrons. The predicted octanol–water partition coefficient (Wildman–Crippen LogP) is 4.26. The summed E-state index contributed by atoms with van der Waals surface area (Å²) in [5.74, 6) is 0. The first-order valence-corrected chi connectivity index (χ1v) is 4.59. The van der Waals surface area contributed by atoms with Crippen LogP contribution in [-0.4, -0.2) is 0 Å². The lowest BCUT2D eigenvalue weighted by atomic mass is 10.1. The minimum Gasteiger partial charge on any atom is -0.0988 e. The SMILES string of the molecule is C=C/C(C)=C\CCCC=C(C)C. The van der Waals surface area contributed by atoms with Crippen LogP contribution in [0.3, 0.4) is 0 Å². The van der Waals surface area contributed by atoms with Gasteiger partial charge in [0.2, 0.25) is 0 Å². The molecule has 0 heteroatoms. The maximum absolute atomic E-state index is 3.71. The highest BCUT2D eigenvalue weighted by Gasteiger charge is 1.83. The third-order valence-corrected chi connectivity index (χ3v) is 1.75. The highest BCUT2D eigenvalue weighted by Crippen LogP contribution is 2.04. The molecule has 0 saturated heterocycles. The molecule has 0 aliphatic heterocycles. The fourth-order valence-electron chi connectivity index (χ4n) is 0.922. The van der Waals surface area contributed by atoms with E-state index in [2.05, 4.69) is 39.5 Å². The predicted molar refractivity (Wildman–Crippen MR) is 57.2 cm³/mol. The molecule has 0 aromatic heterocycles. The van der Waals surface area contributed by atoms with Gasteiger partial charge in [0.15, 0.2) is 0 Å². The van der Waals surface area contributed by atoms with Gasteiger partial charge in [-0.05, 0) is 40.0 Å². The topological polar surface area (TPSA) is 0 Å². The maximum atomic E-state index is 3.71. The Hall–Kier alpha value is -0.780. The molecule has 0 nitrogen and oxygen atoms in total. The molecular weight excluding hydrogens is 144 g/mol. The van der Waals surface area contributed by atoms with E-state index in [1.165, 1.54) is 30.4 Å². The molecule has 0 radical (unpaired) electrons. The largest absolute Gasteiger partial charge is 0.0988 e. The molecule has 0 bridgehead atoms. The molecule has 0 amide bonds. The summed E-state index contributed by atoms with van der Waals surface area (Å²) in [5.41, 5.74) is 2.70. The van der Waals surface area contributed by atoms with Gasteiger partial charge in [-0.25, -0.2) is 0 Å². The van der Waals surface area contributed by atoms with E-state index in [-0.39, 0.29) is 0 Å². The number of rotatable bonds is 5. The van der Waals surface area contributed by atoms with Crippen molar-refractivity contribution in [2.45, 2.75) is 40.0 Å². The Bertz CT molecular complexity index is 178. The summed E-state index contributed by atoms with van der Waals surface area (Å²) >= 11 is 0. The van der Waals surface area contributed by atoms with Gasteiger partial charge in [0.05, 0.1) is 0 Å². The monoisotopic (exact) mass is 164 g/mol. The van der Waals surface area contributed by atoms with Crippen LogP contribution in [0.2, 0.25) is 0 Å².